The molecule has 0 fully saturated rings. The predicted molar refractivity (Wildman–Crippen MR) is 47.5 cm³/mol. The van der Waals surface area contributed by atoms with Crippen LogP contribution in [0.25, 0.3) is 0 Å². The Morgan fingerprint density at radius 3 is 2.62 bits per heavy atom. The molecule has 1 rings (SSSR count). The van der Waals surface area contributed by atoms with Crippen molar-refractivity contribution in [3.63, 3.8) is 0 Å². The van der Waals surface area contributed by atoms with Gasteiger partial charge in [0.15, 0.2) is 0 Å². The average molecular weight is 203 g/mol. The summed E-state index contributed by atoms with van der Waals surface area (Å²) >= 11 is 5.67. The van der Waals surface area contributed by atoms with Gasteiger partial charge in [-0.05, 0) is 24.6 Å². The van der Waals surface area contributed by atoms with Crippen molar-refractivity contribution in [2.24, 2.45) is 0 Å². The predicted octanol–water partition coefficient (Wildman–Crippen LogP) is 2.57. The summed E-state index contributed by atoms with van der Waals surface area (Å²) in [5, 5.41) is 0.0735. The van der Waals surface area contributed by atoms with E-state index in [9.17, 15) is 9.18 Å². The molecule has 0 aromatic heterocycles. The molecule has 0 bridgehead atoms. The number of hydrogen-bond donors (Lipinski definition) is 0. The fraction of sp³-hybridized carbons (Fsp3) is 0.222. The first-order valence-corrected chi connectivity index (χ1v) is 3.98. The Bertz CT molecular complexity index is 326. The van der Waals surface area contributed by atoms with Crippen LogP contribution in [-0.2, 0) is 4.74 Å². The number of carbonyl (C=O) groups is 1. The van der Waals surface area contributed by atoms with Crippen LogP contribution in [0.15, 0.2) is 12.1 Å². The quantitative estimate of drug-likeness (QED) is 0.655. The molecule has 0 saturated carbocycles. The van der Waals surface area contributed by atoms with Crippen molar-refractivity contribution in [3.05, 3.63) is 34.1 Å². The first kappa shape index (κ1) is 9.99. The Hall–Kier alpha value is -1.09. The lowest BCUT2D eigenvalue weighted by atomic mass is 10.1. The number of rotatable bonds is 1. The van der Waals surface area contributed by atoms with Crippen molar-refractivity contribution >= 4 is 17.6 Å². The minimum Gasteiger partial charge on any atom is -0.465 e. The van der Waals surface area contributed by atoms with Gasteiger partial charge in [0, 0.05) is 0 Å². The van der Waals surface area contributed by atoms with Gasteiger partial charge >= 0.3 is 5.97 Å². The molecular weight excluding hydrogens is 195 g/mol. The fourth-order valence-electron chi connectivity index (χ4n) is 1.06. The van der Waals surface area contributed by atoms with Gasteiger partial charge in [-0.2, -0.15) is 0 Å². The summed E-state index contributed by atoms with van der Waals surface area (Å²) in [7, 11) is 1.25. The van der Waals surface area contributed by atoms with E-state index in [1.807, 2.05) is 0 Å². The fourth-order valence-corrected chi connectivity index (χ4v) is 1.39. The lowest BCUT2D eigenvalue weighted by Gasteiger charge is -2.05. The summed E-state index contributed by atoms with van der Waals surface area (Å²) in [6, 6.07) is 2.32. The van der Waals surface area contributed by atoms with Crippen LogP contribution in [0.3, 0.4) is 0 Å². The largest absolute Gasteiger partial charge is 0.465 e. The van der Waals surface area contributed by atoms with Crippen LogP contribution in [0.2, 0.25) is 5.02 Å². The molecule has 70 valence electrons. The zero-order valence-electron chi connectivity index (χ0n) is 7.23. The molecule has 1 aromatic rings. The third kappa shape index (κ3) is 1.98. The summed E-state index contributed by atoms with van der Waals surface area (Å²) in [4.78, 5) is 11.1. The lowest BCUT2D eigenvalue weighted by molar-refractivity contribution is 0.0600. The Balaban J connectivity index is 3.28. The van der Waals surface area contributed by atoms with Crippen molar-refractivity contribution < 1.29 is 13.9 Å². The second-order valence-corrected chi connectivity index (χ2v) is 2.98. The molecule has 13 heavy (non-hydrogen) atoms. The number of aryl methyl sites for hydroxylation is 1. The van der Waals surface area contributed by atoms with Gasteiger partial charge in [-0.1, -0.05) is 11.6 Å². The van der Waals surface area contributed by atoms with E-state index in [-0.39, 0.29) is 10.6 Å². The highest BCUT2D eigenvalue weighted by atomic mass is 35.5. The molecule has 0 saturated heterocycles. The van der Waals surface area contributed by atoms with Gasteiger partial charge in [-0.3, -0.25) is 0 Å². The molecule has 2 nitrogen and oxygen atoms in total. The highest BCUT2D eigenvalue weighted by Gasteiger charge is 2.14. The molecule has 0 N–H and O–H groups in total. The standard InChI is InChI=1S/C9H8ClFO2/c1-5-3-6(11)4-7(10)8(5)9(12)13-2/h3-4H,1-2H3. The van der Waals surface area contributed by atoms with Gasteiger partial charge in [0.1, 0.15) is 5.82 Å². The Morgan fingerprint density at radius 2 is 2.15 bits per heavy atom. The van der Waals surface area contributed by atoms with E-state index in [2.05, 4.69) is 4.74 Å². The van der Waals surface area contributed by atoms with Gasteiger partial charge in [0.05, 0.1) is 17.7 Å². The molecule has 0 unspecified atom stereocenters. The molecule has 0 amide bonds. The second-order valence-electron chi connectivity index (χ2n) is 2.57. The van der Waals surface area contributed by atoms with Crippen LogP contribution in [0.4, 0.5) is 4.39 Å². The maximum Gasteiger partial charge on any atom is 0.339 e. The number of halogens is 2. The van der Waals surface area contributed by atoms with Crippen molar-refractivity contribution in [2.75, 3.05) is 7.11 Å². The van der Waals surface area contributed by atoms with E-state index in [4.69, 9.17) is 11.6 Å². The summed E-state index contributed by atoms with van der Waals surface area (Å²) in [6.07, 6.45) is 0. The van der Waals surface area contributed by atoms with Gasteiger partial charge in [-0.15, -0.1) is 0 Å². The number of esters is 1. The molecule has 0 atom stereocenters. The first-order valence-electron chi connectivity index (χ1n) is 3.60. The number of hydrogen-bond acceptors (Lipinski definition) is 2. The van der Waals surface area contributed by atoms with E-state index >= 15 is 0 Å². The molecule has 0 spiro atoms. The average Bonchev–Trinajstić information content (AvgIpc) is 2.02. The maximum atomic E-state index is 12.7. The van der Waals surface area contributed by atoms with Gasteiger partial charge in [0.2, 0.25) is 0 Å². The molecule has 1 aromatic carbocycles. The number of carbonyl (C=O) groups excluding carboxylic acids is 1. The topological polar surface area (TPSA) is 26.3 Å². The molecule has 0 heterocycles. The highest BCUT2D eigenvalue weighted by molar-refractivity contribution is 6.33. The van der Waals surface area contributed by atoms with Crippen LogP contribution in [0.5, 0.6) is 0 Å². The lowest BCUT2D eigenvalue weighted by Crippen LogP contribution is -2.05. The zero-order chi connectivity index (χ0) is 10.0. The third-order valence-electron chi connectivity index (χ3n) is 1.64. The van der Waals surface area contributed by atoms with Crippen LogP contribution in [0.1, 0.15) is 15.9 Å². The third-order valence-corrected chi connectivity index (χ3v) is 1.94. The molecule has 0 aliphatic carbocycles. The van der Waals surface area contributed by atoms with E-state index in [0.717, 1.165) is 6.07 Å². The summed E-state index contributed by atoms with van der Waals surface area (Å²) in [6.45, 7) is 1.60. The van der Waals surface area contributed by atoms with E-state index in [1.54, 1.807) is 6.92 Å². The van der Waals surface area contributed by atoms with Crippen LogP contribution < -0.4 is 0 Å². The smallest absolute Gasteiger partial charge is 0.339 e. The summed E-state index contributed by atoms with van der Waals surface area (Å²) in [5.74, 6) is -1.02. The molecule has 4 heteroatoms. The Kier molecular flexibility index (Phi) is 2.88. The van der Waals surface area contributed by atoms with Gasteiger partial charge in [0.25, 0.3) is 0 Å². The number of benzene rings is 1. The Labute approximate surface area is 80.3 Å². The molecule has 0 aliphatic heterocycles. The number of methoxy groups -OCH3 is 1. The monoisotopic (exact) mass is 202 g/mol. The minimum atomic E-state index is -0.553. The SMILES string of the molecule is COC(=O)c1c(C)cc(F)cc1Cl. The zero-order valence-corrected chi connectivity index (χ0v) is 7.98. The van der Waals surface area contributed by atoms with E-state index in [0.29, 0.717) is 5.56 Å². The van der Waals surface area contributed by atoms with Crippen LogP contribution in [0, 0.1) is 12.7 Å². The van der Waals surface area contributed by atoms with Crippen molar-refractivity contribution in [3.8, 4) is 0 Å². The first-order chi connectivity index (χ1) is 6.06. The maximum absolute atomic E-state index is 12.7. The van der Waals surface area contributed by atoms with Crippen molar-refractivity contribution in [1.82, 2.24) is 0 Å². The van der Waals surface area contributed by atoms with Crippen LogP contribution in [-0.4, -0.2) is 13.1 Å². The number of ether oxygens (including phenoxy) is 1. The van der Waals surface area contributed by atoms with Crippen molar-refractivity contribution in [1.29, 1.82) is 0 Å². The normalized spacial score (nSPS) is 9.85. The van der Waals surface area contributed by atoms with Gasteiger partial charge in [-0.25, -0.2) is 9.18 Å². The highest BCUT2D eigenvalue weighted by Crippen LogP contribution is 2.22. The van der Waals surface area contributed by atoms with E-state index < -0.39 is 11.8 Å². The van der Waals surface area contributed by atoms with E-state index in [1.165, 1.54) is 13.2 Å². The molecule has 0 aliphatic rings. The summed E-state index contributed by atoms with van der Waals surface area (Å²) in [5.41, 5.74) is 0.683. The van der Waals surface area contributed by atoms with Crippen molar-refractivity contribution in [2.45, 2.75) is 6.92 Å². The molecular formula is C9H8ClFO2. The Morgan fingerprint density at radius 1 is 1.54 bits per heavy atom. The van der Waals surface area contributed by atoms with Gasteiger partial charge < -0.3 is 4.74 Å². The molecule has 0 radical (unpaired) electrons. The van der Waals surface area contributed by atoms with Crippen LogP contribution >= 0.6 is 11.6 Å². The second kappa shape index (κ2) is 3.75. The minimum absolute atomic E-state index is 0.0735. The summed E-state index contributed by atoms with van der Waals surface area (Å²) < 4.78 is 17.2.